The van der Waals surface area contributed by atoms with Crippen LogP contribution in [0.4, 0.5) is 0 Å². The Kier molecular flexibility index (Phi) is 4.77. The lowest BCUT2D eigenvalue weighted by atomic mass is 10.1. The van der Waals surface area contributed by atoms with E-state index in [0.717, 1.165) is 6.42 Å². The van der Waals surface area contributed by atoms with Crippen LogP contribution >= 0.6 is 0 Å². The number of hydrogen-bond donors (Lipinski definition) is 1. The molecule has 6 heteroatoms. The number of ether oxygens (including phenoxy) is 1. The molecule has 1 amide bonds. The first kappa shape index (κ1) is 14.9. The summed E-state index contributed by atoms with van der Waals surface area (Å²) in [7, 11) is 0. The minimum Gasteiger partial charge on any atom is -0.484 e. The summed E-state index contributed by atoms with van der Waals surface area (Å²) in [6, 6.07) is 8.54. The highest BCUT2D eigenvalue weighted by Gasteiger charge is 2.27. The summed E-state index contributed by atoms with van der Waals surface area (Å²) in [6.07, 6.45) is 0.815. The van der Waals surface area contributed by atoms with Crippen LogP contribution in [-0.4, -0.2) is 41.6 Å². The average Bonchev–Trinajstić information content (AvgIpc) is 2.93. The third-order valence-electron chi connectivity index (χ3n) is 3.45. The van der Waals surface area contributed by atoms with Crippen molar-refractivity contribution in [3.05, 3.63) is 29.8 Å². The van der Waals surface area contributed by atoms with E-state index in [1.165, 1.54) is 0 Å². The molecule has 0 aliphatic carbocycles. The Bertz CT molecular complexity index is 562. The van der Waals surface area contributed by atoms with E-state index in [1.807, 2.05) is 6.07 Å². The van der Waals surface area contributed by atoms with Crippen LogP contribution in [0.15, 0.2) is 24.3 Å². The number of carboxylic acid groups (broad SMARTS) is 1. The fourth-order valence-corrected chi connectivity index (χ4v) is 2.33. The molecule has 1 aliphatic rings. The number of aliphatic carboxylic acids is 1. The maximum atomic E-state index is 12.0. The summed E-state index contributed by atoms with van der Waals surface area (Å²) in [5.41, 5.74) is 0.532. The zero-order valence-corrected chi connectivity index (χ0v) is 11.5. The van der Waals surface area contributed by atoms with E-state index in [-0.39, 0.29) is 24.9 Å². The van der Waals surface area contributed by atoms with Crippen molar-refractivity contribution in [1.29, 1.82) is 5.26 Å². The molecule has 6 nitrogen and oxygen atoms in total. The molecule has 0 saturated carbocycles. The first-order valence-corrected chi connectivity index (χ1v) is 6.71. The van der Waals surface area contributed by atoms with E-state index in [2.05, 4.69) is 0 Å². The predicted molar refractivity (Wildman–Crippen MR) is 73.6 cm³/mol. The normalized spacial score (nSPS) is 17.3. The van der Waals surface area contributed by atoms with Crippen LogP contribution in [0.1, 0.15) is 18.4 Å². The van der Waals surface area contributed by atoms with Gasteiger partial charge in [0.25, 0.3) is 5.91 Å². The third-order valence-corrected chi connectivity index (χ3v) is 3.45. The Labute approximate surface area is 122 Å². The number of nitrogens with zero attached hydrogens (tertiary/aromatic N) is 2. The van der Waals surface area contributed by atoms with E-state index < -0.39 is 5.97 Å². The molecule has 1 aromatic rings. The van der Waals surface area contributed by atoms with Crippen molar-refractivity contribution in [2.45, 2.75) is 12.8 Å². The van der Waals surface area contributed by atoms with Crippen LogP contribution in [0, 0.1) is 17.2 Å². The van der Waals surface area contributed by atoms with Gasteiger partial charge in [0, 0.05) is 19.5 Å². The summed E-state index contributed by atoms with van der Waals surface area (Å²) < 4.78 is 5.38. The van der Waals surface area contributed by atoms with Crippen LogP contribution in [0.25, 0.3) is 0 Å². The SMILES string of the molecule is N#Cc1ccc(OCC(=O)N2CCC(CC(=O)O)C2)cc1. The Morgan fingerprint density at radius 3 is 2.71 bits per heavy atom. The quantitative estimate of drug-likeness (QED) is 0.880. The number of amides is 1. The molecule has 0 bridgehead atoms. The van der Waals surface area contributed by atoms with Crippen molar-refractivity contribution in [2.75, 3.05) is 19.7 Å². The van der Waals surface area contributed by atoms with Crippen LogP contribution in [0.2, 0.25) is 0 Å². The van der Waals surface area contributed by atoms with Gasteiger partial charge in [-0.05, 0) is 36.6 Å². The minimum absolute atomic E-state index is 0.0290. The molecule has 110 valence electrons. The van der Waals surface area contributed by atoms with Gasteiger partial charge < -0.3 is 14.7 Å². The largest absolute Gasteiger partial charge is 0.484 e. The standard InChI is InChI=1S/C15H16N2O4/c16-8-11-1-3-13(4-2-11)21-10-14(18)17-6-5-12(9-17)7-15(19)20/h1-4,12H,5-7,9-10H2,(H,19,20). The topological polar surface area (TPSA) is 90.6 Å². The molecule has 0 aromatic heterocycles. The molecule has 0 radical (unpaired) electrons. The highest BCUT2D eigenvalue weighted by Crippen LogP contribution is 2.20. The van der Waals surface area contributed by atoms with Crippen molar-refractivity contribution in [3.63, 3.8) is 0 Å². The second-order valence-electron chi connectivity index (χ2n) is 5.02. The molecule has 1 atom stereocenters. The van der Waals surface area contributed by atoms with Crippen molar-refractivity contribution in [1.82, 2.24) is 4.90 Å². The van der Waals surface area contributed by atoms with E-state index in [4.69, 9.17) is 15.1 Å². The molecule has 1 aromatic carbocycles. The van der Waals surface area contributed by atoms with E-state index >= 15 is 0 Å². The zero-order chi connectivity index (χ0) is 15.2. The number of nitriles is 1. The molecular weight excluding hydrogens is 272 g/mol. The van der Waals surface area contributed by atoms with Crippen LogP contribution < -0.4 is 4.74 Å². The van der Waals surface area contributed by atoms with Gasteiger partial charge in [0.15, 0.2) is 6.61 Å². The molecule has 1 N–H and O–H groups in total. The minimum atomic E-state index is -0.830. The molecule has 1 saturated heterocycles. The van der Waals surface area contributed by atoms with Crippen molar-refractivity contribution in [2.24, 2.45) is 5.92 Å². The van der Waals surface area contributed by atoms with Crippen molar-refractivity contribution < 1.29 is 19.4 Å². The van der Waals surface area contributed by atoms with Crippen LogP contribution in [0.5, 0.6) is 5.75 Å². The van der Waals surface area contributed by atoms with E-state index in [0.29, 0.717) is 24.4 Å². The maximum absolute atomic E-state index is 12.0. The molecule has 1 heterocycles. The Balaban J connectivity index is 1.79. The molecule has 0 spiro atoms. The smallest absolute Gasteiger partial charge is 0.303 e. The summed E-state index contributed by atoms with van der Waals surface area (Å²) in [6.45, 7) is 0.973. The lowest BCUT2D eigenvalue weighted by Gasteiger charge is -2.16. The molecule has 1 fully saturated rings. The second-order valence-corrected chi connectivity index (χ2v) is 5.02. The van der Waals surface area contributed by atoms with Crippen LogP contribution in [-0.2, 0) is 9.59 Å². The first-order chi connectivity index (χ1) is 10.1. The summed E-state index contributed by atoms with van der Waals surface area (Å²) >= 11 is 0. The van der Waals surface area contributed by atoms with E-state index in [1.54, 1.807) is 29.2 Å². The van der Waals surface area contributed by atoms with Gasteiger partial charge in [0.1, 0.15) is 5.75 Å². The van der Waals surface area contributed by atoms with Gasteiger partial charge in [0.2, 0.25) is 0 Å². The Morgan fingerprint density at radius 1 is 1.38 bits per heavy atom. The molecule has 21 heavy (non-hydrogen) atoms. The lowest BCUT2D eigenvalue weighted by Crippen LogP contribution is -2.33. The van der Waals surface area contributed by atoms with Gasteiger partial charge in [-0.2, -0.15) is 5.26 Å². The van der Waals surface area contributed by atoms with Crippen molar-refractivity contribution in [3.8, 4) is 11.8 Å². The number of hydrogen-bond acceptors (Lipinski definition) is 4. The number of benzene rings is 1. The molecule has 1 aliphatic heterocycles. The van der Waals surface area contributed by atoms with Crippen LogP contribution in [0.3, 0.4) is 0 Å². The molecule has 2 rings (SSSR count). The third kappa shape index (κ3) is 4.21. The number of carboxylic acids is 1. The van der Waals surface area contributed by atoms with Gasteiger partial charge in [-0.3, -0.25) is 9.59 Å². The summed E-state index contributed by atoms with van der Waals surface area (Å²) in [5, 5.41) is 17.4. The fraction of sp³-hybridized carbons (Fsp3) is 0.400. The average molecular weight is 288 g/mol. The number of carbonyl (C=O) groups is 2. The summed E-state index contributed by atoms with van der Waals surface area (Å²) in [4.78, 5) is 24.3. The number of rotatable bonds is 5. The molecule has 1 unspecified atom stereocenters. The highest BCUT2D eigenvalue weighted by atomic mass is 16.5. The van der Waals surface area contributed by atoms with E-state index in [9.17, 15) is 9.59 Å². The van der Waals surface area contributed by atoms with Gasteiger partial charge in [-0.1, -0.05) is 0 Å². The van der Waals surface area contributed by atoms with Gasteiger partial charge in [0.05, 0.1) is 11.6 Å². The number of carbonyl (C=O) groups excluding carboxylic acids is 1. The monoisotopic (exact) mass is 288 g/mol. The summed E-state index contributed by atoms with van der Waals surface area (Å²) in [5.74, 6) is -0.416. The zero-order valence-electron chi connectivity index (χ0n) is 11.5. The Morgan fingerprint density at radius 2 is 2.10 bits per heavy atom. The number of likely N-dealkylation sites (tertiary alicyclic amines) is 1. The fourth-order valence-electron chi connectivity index (χ4n) is 2.33. The van der Waals surface area contributed by atoms with Gasteiger partial charge in [-0.15, -0.1) is 0 Å². The van der Waals surface area contributed by atoms with Crippen molar-refractivity contribution >= 4 is 11.9 Å². The highest BCUT2D eigenvalue weighted by molar-refractivity contribution is 5.78. The van der Waals surface area contributed by atoms with Gasteiger partial charge in [-0.25, -0.2) is 0 Å². The second kappa shape index (κ2) is 6.75. The maximum Gasteiger partial charge on any atom is 0.303 e. The first-order valence-electron chi connectivity index (χ1n) is 6.71. The lowest BCUT2D eigenvalue weighted by molar-refractivity contribution is -0.138. The van der Waals surface area contributed by atoms with Gasteiger partial charge >= 0.3 is 5.97 Å². The molecular formula is C15H16N2O4. The predicted octanol–water partition coefficient (Wildman–Crippen LogP) is 1.26. The Hall–Kier alpha value is -2.55.